The zero-order valence-electron chi connectivity index (χ0n) is 5.94. The van der Waals surface area contributed by atoms with E-state index in [9.17, 15) is 17.4 Å². The van der Waals surface area contributed by atoms with Gasteiger partial charge in [0, 0.05) is 22.5 Å². The molecule has 0 radical (unpaired) electrons. The Labute approximate surface area is 64.5 Å². The van der Waals surface area contributed by atoms with Crippen LogP contribution in [0.3, 0.4) is 0 Å². The molecular formula is C5H7F3O2S. The third-order valence-corrected chi connectivity index (χ3v) is 1.32. The molecule has 0 heterocycles. The smallest absolute Gasteiger partial charge is 0.449 e. The number of methoxy groups -OCH3 is 1. The summed E-state index contributed by atoms with van der Waals surface area (Å²) in [5.41, 5.74) is 0. The summed E-state index contributed by atoms with van der Waals surface area (Å²) in [6, 6.07) is 0. The summed E-state index contributed by atoms with van der Waals surface area (Å²) >= 11 is 0. The third-order valence-electron chi connectivity index (χ3n) is 0.772. The molecule has 0 saturated carbocycles. The minimum atomic E-state index is -4.56. The summed E-state index contributed by atoms with van der Waals surface area (Å²) in [6.45, 7) is 0. The van der Waals surface area contributed by atoms with Gasteiger partial charge in [-0.05, 0) is 0 Å². The maximum atomic E-state index is 11.8. The Morgan fingerprint density at radius 3 is 2.09 bits per heavy atom. The van der Waals surface area contributed by atoms with Crippen molar-refractivity contribution in [2.24, 2.45) is 0 Å². The van der Waals surface area contributed by atoms with E-state index in [2.05, 4.69) is 4.74 Å². The Morgan fingerprint density at radius 2 is 2.00 bits per heavy atom. The lowest BCUT2D eigenvalue weighted by Crippen LogP contribution is -2.13. The first-order valence-electron chi connectivity index (χ1n) is 2.53. The molecule has 11 heavy (non-hydrogen) atoms. The maximum absolute atomic E-state index is 11.8. The van der Waals surface area contributed by atoms with Crippen molar-refractivity contribution in [2.75, 3.05) is 13.4 Å². The van der Waals surface area contributed by atoms with E-state index in [1.165, 1.54) is 0 Å². The van der Waals surface area contributed by atoms with Gasteiger partial charge in [0.05, 0.1) is 7.11 Å². The zero-order chi connectivity index (χ0) is 9.07. The van der Waals surface area contributed by atoms with Gasteiger partial charge in [-0.15, -0.1) is 0 Å². The number of allylic oxidation sites excluding steroid dienone is 1. The Balaban J connectivity index is 4.54. The molecule has 0 rings (SSSR count). The normalized spacial score (nSPS) is 16.3. The second kappa shape index (κ2) is 3.75. The van der Waals surface area contributed by atoms with Crippen molar-refractivity contribution in [3.63, 3.8) is 0 Å². The number of alkyl halides is 3. The molecule has 1 unspecified atom stereocenters. The van der Waals surface area contributed by atoms with Crippen molar-refractivity contribution in [1.82, 2.24) is 0 Å². The average Bonchev–Trinajstić information content (AvgIpc) is 1.79. The lowest BCUT2D eigenvalue weighted by atomic mass is 10.5. The highest BCUT2D eigenvalue weighted by Crippen LogP contribution is 2.25. The predicted molar refractivity (Wildman–Crippen MR) is 35.2 cm³/mol. The van der Waals surface area contributed by atoms with Gasteiger partial charge in [-0.2, -0.15) is 13.2 Å². The molecule has 0 N–H and O–H groups in total. The van der Waals surface area contributed by atoms with Crippen molar-refractivity contribution in [3.05, 3.63) is 11.2 Å². The van der Waals surface area contributed by atoms with Crippen molar-refractivity contribution in [3.8, 4) is 0 Å². The van der Waals surface area contributed by atoms with Gasteiger partial charge >= 0.3 is 6.18 Å². The van der Waals surface area contributed by atoms with Gasteiger partial charge in [0.1, 0.15) is 0 Å². The second-order valence-corrected chi connectivity index (χ2v) is 2.92. The molecule has 0 aliphatic heterocycles. The molecule has 0 aliphatic rings. The molecule has 0 fully saturated rings. The molecule has 66 valence electrons. The quantitative estimate of drug-likeness (QED) is 0.612. The van der Waals surface area contributed by atoms with Gasteiger partial charge in [-0.25, -0.2) is 0 Å². The predicted octanol–water partition coefficient (Wildman–Crippen LogP) is 1.42. The molecule has 1 atom stereocenters. The molecule has 2 nitrogen and oxygen atoms in total. The molecule has 0 bridgehead atoms. The zero-order valence-corrected chi connectivity index (χ0v) is 6.75. The van der Waals surface area contributed by atoms with E-state index >= 15 is 0 Å². The van der Waals surface area contributed by atoms with Gasteiger partial charge in [-0.3, -0.25) is 4.21 Å². The molecule has 0 amide bonds. The van der Waals surface area contributed by atoms with Crippen LogP contribution in [-0.2, 0) is 15.5 Å². The summed E-state index contributed by atoms with van der Waals surface area (Å²) < 4.78 is 49.5. The lowest BCUT2D eigenvalue weighted by molar-refractivity contribution is -0.125. The Kier molecular flexibility index (Phi) is 3.57. The summed E-state index contributed by atoms with van der Waals surface area (Å²) in [7, 11) is -0.768. The number of halogens is 3. The van der Waals surface area contributed by atoms with Gasteiger partial charge in [0.2, 0.25) is 5.76 Å². The fraction of sp³-hybridized carbons (Fsp3) is 0.600. The van der Waals surface area contributed by atoms with Crippen LogP contribution < -0.4 is 0 Å². The summed E-state index contributed by atoms with van der Waals surface area (Å²) in [5, 5.41) is 0.514. The van der Waals surface area contributed by atoms with Gasteiger partial charge < -0.3 is 4.74 Å². The maximum Gasteiger partial charge on any atom is 0.449 e. The summed E-state index contributed by atoms with van der Waals surface area (Å²) in [6.07, 6.45) is -3.43. The van der Waals surface area contributed by atoms with Crippen molar-refractivity contribution < 1.29 is 22.1 Å². The van der Waals surface area contributed by atoms with Crippen molar-refractivity contribution in [2.45, 2.75) is 6.18 Å². The largest absolute Gasteiger partial charge is 0.492 e. The van der Waals surface area contributed by atoms with Crippen molar-refractivity contribution >= 4 is 10.8 Å². The van der Waals surface area contributed by atoms with Crippen LogP contribution in [0, 0.1) is 0 Å². The van der Waals surface area contributed by atoms with Crippen LogP contribution in [0.15, 0.2) is 11.2 Å². The SMILES string of the molecule is CO/C(=C/S(C)=O)C(F)(F)F. The van der Waals surface area contributed by atoms with E-state index in [1.54, 1.807) is 0 Å². The van der Waals surface area contributed by atoms with Gasteiger partial charge in [-0.1, -0.05) is 0 Å². The minimum Gasteiger partial charge on any atom is -0.492 e. The highest BCUT2D eigenvalue weighted by atomic mass is 32.2. The highest BCUT2D eigenvalue weighted by Gasteiger charge is 2.35. The second-order valence-electron chi connectivity index (χ2n) is 1.68. The van der Waals surface area contributed by atoms with E-state index in [-0.39, 0.29) is 0 Å². The Bertz CT molecular complexity index is 185. The molecule has 6 heteroatoms. The standard InChI is InChI=1S/C5H7F3O2S/c1-10-4(3-11(2)9)5(6,7)8/h3H,1-2H3/b4-3+. The van der Waals surface area contributed by atoms with Crippen LogP contribution in [0.25, 0.3) is 0 Å². The fourth-order valence-electron chi connectivity index (χ4n) is 0.381. The molecule has 0 aliphatic carbocycles. The van der Waals surface area contributed by atoms with E-state index < -0.39 is 22.7 Å². The van der Waals surface area contributed by atoms with Crippen LogP contribution in [0.5, 0.6) is 0 Å². The van der Waals surface area contributed by atoms with E-state index in [0.717, 1.165) is 13.4 Å². The third kappa shape index (κ3) is 4.02. The van der Waals surface area contributed by atoms with Gasteiger partial charge in [0.15, 0.2) is 0 Å². The number of hydrogen-bond donors (Lipinski definition) is 0. The van der Waals surface area contributed by atoms with E-state index in [4.69, 9.17) is 0 Å². The molecule has 0 spiro atoms. The Morgan fingerprint density at radius 1 is 1.55 bits per heavy atom. The van der Waals surface area contributed by atoms with Crippen LogP contribution in [0.2, 0.25) is 0 Å². The first kappa shape index (κ1) is 10.5. The van der Waals surface area contributed by atoms with E-state index in [1.807, 2.05) is 0 Å². The Hall–Kier alpha value is -0.520. The molecular weight excluding hydrogens is 181 g/mol. The minimum absolute atomic E-state index is 0.514. The molecule has 0 aromatic rings. The molecule has 0 aromatic carbocycles. The molecule has 0 aromatic heterocycles. The monoisotopic (exact) mass is 188 g/mol. The first-order chi connectivity index (χ1) is 4.88. The van der Waals surface area contributed by atoms with Crippen LogP contribution in [0.4, 0.5) is 13.2 Å². The number of rotatable bonds is 2. The first-order valence-corrected chi connectivity index (χ1v) is 4.15. The summed E-state index contributed by atoms with van der Waals surface area (Å²) in [5.74, 6) is -1.22. The van der Waals surface area contributed by atoms with Crippen LogP contribution in [-0.4, -0.2) is 23.8 Å². The molecule has 0 saturated heterocycles. The van der Waals surface area contributed by atoms with E-state index in [0.29, 0.717) is 5.41 Å². The lowest BCUT2D eigenvalue weighted by Gasteiger charge is -2.08. The number of hydrogen-bond acceptors (Lipinski definition) is 2. The summed E-state index contributed by atoms with van der Waals surface area (Å²) in [4.78, 5) is 0. The number of ether oxygens (including phenoxy) is 1. The van der Waals surface area contributed by atoms with Crippen LogP contribution >= 0.6 is 0 Å². The van der Waals surface area contributed by atoms with Crippen LogP contribution in [0.1, 0.15) is 0 Å². The van der Waals surface area contributed by atoms with Crippen molar-refractivity contribution in [1.29, 1.82) is 0 Å². The van der Waals surface area contributed by atoms with Gasteiger partial charge in [0.25, 0.3) is 0 Å². The fourth-order valence-corrected chi connectivity index (χ4v) is 0.913. The average molecular weight is 188 g/mol. The highest BCUT2D eigenvalue weighted by molar-refractivity contribution is 7.87. The topological polar surface area (TPSA) is 26.3 Å².